The van der Waals surface area contributed by atoms with Gasteiger partial charge in [-0.15, -0.1) is 0 Å². The molecule has 0 atom stereocenters. The van der Waals surface area contributed by atoms with Gasteiger partial charge in [0.1, 0.15) is 6.54 Å². The molecule has 0 radical (unpaired) electrons. The van der Waals surface area contributed by atoms with Crippen LogP contribution >= 0.6 is 15.9 Å². The lowest BCUT2D eigenvalue weighted by atomic mass is 10.0. The number of anilines is 1. The first-order chi connectivity index (χ1) is 15.4. The lowest BCUT2D eigenvalue weighted by Crippen LogP contribution is -2.26. The van der Waals surface area contributed by atoms with Crippen molar-refractivity contribution in [1.82, 2.24) is 14.7 Å². The highest BCUT2D eigenvalue weighted by molar-refractivity contribution is 9.10. The summed E-state index contributed by atoms with van der Waals surface area (Å²) in [6, 6.07) is 18.2. The average molecular weight is 493 g/mol. The van der Waals surface area contributed by atoms with Crippen LogP contribution in [-0.2, 0) is 11.3 Å². The van der Waals surface area contributed by atoms with E-state index in [4.69, 9.17) is 4.52 Å². The van der Waals surface area contributed by atoms with Gasteiger partial charge in [0.25, 0.3) is 11.4 Å². The van der Waals surface area contributed by atoms with Gasteiger partial charge in [0, 0.05) is 28.0 Å². The molecule has 0 bridgehead atoms. The molecular weight excluding hydrogens is 472 g/mol. The van der Waals surface area contributed by atoms with Gasteiger partial charge in [0.15, 0.2) is 0 Å². The second-order valence-electron chi connectivity index (χ2n) is 7.64. The third-order valence-corrected chi connectivity index (χ3v) is 5.41. The molecule has 4 aromatic rings. The van der Waals surface area contributed by atoms with Crippen molar-refractivity contribution in [3.8, 4) is 22.8 Å². The predicted molar refractivity (Wildman–Crippen MR) is 126 cm³/mol. The normalized spacial score (nSPS) is 11.0. The Morgan fingerprint density at radius 2 is 1.88 bits per heavy atom. The van der Waals surface area contributed by atoms with Crippen LogP contribution in [0.5, 0.6) is 0 Å². The quantitative estimate of drug-likeness (QED) is 0.404. The fraction of sp³-hybridized carbons (Fsp3) is 0.167. The van der Waals surface area contributed by atoms with Gasteiger partial charge >= 0.3 is 0 Å². The van der Waals surface area contributed by atoms with Crippen LogP contribution in [0.25, 0.3) is 22.8 Å². The largest absolute Gasteiger partial charge is 0.334 e. The van der Waals surface area contributed by atoms with Crippen LogP contribution in [-0.4, -0.2) is 20.6 Å². The summed E-state index contributed by atoms with van der Waals surface area (Å²) in [5.74, 6) is 0.802. The lowest BCUT2D eigenvalue weighted by Gasteiger charge is -2.10. The Kier molecular flexibility index (Phi) is 6.32. The van der Waals surface area contributed by atoms with Gasteiger partial charge in [-0.25, -0.2) is 0 Å². The van der Waals surface area contributed by atoms with Crippen LogP contribution in [0.15, 0.2) is 80.7 Å². The number of carbonyl (C=O) groups is 1. The molecule has 2 heterocycles. The van der Waals surface area contributed by atoms with E-state index in [1.165, 1.54) is 16.2 Å². The number of aromatic nitrogens is 3. The summed E-state index contributed by atoms with van der Waals surface area (Å²) in [5.41, 5.74) is 2.91. The number of benzene rings is 2. The summed E-state index contributed by atoms with van der Waals surface area (Å²) in [6.07, 6.45) is 1.54. The minimum Gasteiger partial charge on any atom is -0.334 e. The highest BCUT2D eigenvalue weighted by atomic mass is 79.9. The third-order valence-electron chi connectivity index (χ3n) is 4.91. The van der Waals surface area contributed by atoms with Gasteiger partial charge in [-0.1, -0.05) is 59.2 Å². The first kappa shape index (κ1) is 21.7. The number of nitrogens with zero attached hydrogens (tertiary/aromatic N) is 3. The van der Waals surface area contributed by atoms with E-state index in [1.54, 1.807) is 12.3 Å². The van der Waals surface area contributed by atoms with E-state index in [2.05, 4.69) is 45.2 Å². The second-order valence-corrected chi connectivity index (χ2v) is 8.56. The molecule has 4 rings (SSSR count). The standard InChI is InChI=1S/C24H21BrN4O3/c1-15(2)16-6-9-20(10-7-16)26-21(30)14-29-13-18(8-11-22(29)31)24-27-23(28-32-24)17-4-3-5-19(25)12-17/h3-13,15H,14H2,1-2H3,(H,26,30). The molecule has 0 spiro atoms. The van der Waals surface area contributed by atoms with Crippen molar-refractivity contribution in [2.24, 2.45) is 0 Å². The van der Waals surface area contributed by atoms with Crippen molar-refractivity contribution in [2.45, 2.75) is 26.3 Å². The Morgan fingerprint density at radius 3 is 2.59 bits per heavy atom. The summed E-state index contributed by atoms with van der Waals surface area (Å²) in [7, 11) is 0. The maximum atomic E-state index is 12.5. The van der Waals surface area contributed by atoms with Gasteiger partial charge in [0.05, 0.1) is 5.56 Å². The zero-order valence-electron chi connectivity index (χ0n) is 17.6. The van der Waals surface area contributed by atoms with Crippen molar-refractivity contribution >= 4 is 27.5 Å². The summed E-state index contributed by atoms with van der Waals surface area (Å²) in [5, 5.41) is 6.84. The van der Waals surface area contributed by atoms with Crippen molar-refractivity contribution < 1.29 is 9.32 Å². The minimum atomic E-state index is -0.304. The second kappa shape index (κ2) is 9.32. The fourth-order valence-electron chi connectivity index (χ4n) is 3.17. The SMILES string of the molecule is CC(C)c1ccc(NC(=O)Cn2cc(-c3nc(-c4cccc(Br)c4)no3)ccc2=O)cc1. The number of rotatable bonds is 6. The first-order valence-corrected chi connectivity index (χ1v) is 10.9. The van der Waals surface area contributed by atoms with Crippen molar-refractivity contribution in [1.29, 1.82) is 0 Å². The molecule has 32 heavy (non-hydrogen) atoms. The highest BCUT2D eigenvalue weighted by Crippen LogP contribution is 2.24. The Labute approximate surface area is 193 Å². The van der Waals surface area contributed by atoms with Crippen LogP contribution in [0, 0.1) is 0 Å². The molecule has 0 aliphatic rings. The van der Waals surface area contributed by atoms with E-state index in [9.17, 15) is 9.59 Å². The molecule has 0 unspecified atom stereocenters. The molecule has 0 aliphatic carbocycles. The summed E-state index contributed by atoms with van der Waals surface area (Å²) in [6.45, 7) is 4.08. The number of amides is 1. The van der Waals surface area contributed by atoms with E-state index < -0.39 is 0 Å². The summed E-state index contributed by atoms with van der Waals surface area (Å²) < 4.78 is 7.60. The molecule has 2 aromatic heterocycles. The molecule has 0 aliphatic heterocycles. The summed E-state index contributed by atoms with van der Waals surface area (Å²) in [4.78, 5) is 29.2. The van der Waals surface area contributed by atoms with Crippen LogP contribution in [0.4, 0.5) is 5.69 Å². The zero-order chi connectivity index (χ0) is 22.7. The van der Waals surface area contributed by atoms with Crippen LogP contribution in [0.3, 0.4) is 0 Å². The van der Waals surface area contributed by atoms with Crippen LogP contribution in [0.1, 0.15) is 25.3 Å². The third kappa shape index (κ3) is 5.03. The molecule has 1 N–H and O–H groups in total. The lowest BCUT2D eigenvalue weighted by molar-refractivity contribution is -0.116. The van der Waals surface area contributed by atoms with Crippen LogP contribution in [0.2, 0.25) is 0 Å². The fourth-order valence-corrected chi connectivity index (χ4v) is 3.57. The number of carbonyl (C=O) groups excluding carboxylic acids is 1. The molecule has 2 aromatic carbocycles. The van der Waals surface area contributed by atoms with E-state index in [-0.39, 0.29) is 23.9 Å². The molecule has 0 fully saturated rings. The molecule has 162 valence electrons. The molecule has 0 saturated heterocycles. The number of pyridine rings is 1. The zero-order valence-corrected chi connectivity index (χ0v) is 19.2. The van der Waals surface area contributed by atoms with Gasteiger partial charge < -0.3 is 14.4 Å². The van der Waals surface area contributed by atoms with Gasteiger partial charge in [-0.05, 0) is 41.8 Å². The predicted octanol–water partition coefficient (Wildman–Crippen LogP) is 5.09. The molecule has 1 amide bonds. The minimum absolute atomic E-state index is 0.134. The Morgan fingerprint density at radius 1 is 1.09 bits per heavy atom. The van der Waals surface area contributed by atoms with Crippen molar-refractivity contribution in [3.05, 3.63) is 87.3 Å². The van der Waals surface area contributed by atoms with Crippen molar-refractivity contribution in [2.75, 3.05) is 5.32 Å². The van der Waals surface area contributed by atoms with Gasteiger partial charge in [0.2, 0.25) is 11.7 Å². The Balaban J connectivity index is 1.50. The van der Waals surface area contributed by atoms with Crippen molar-refractivity contribution in [3.63, 3.8) is 0 Å². The van der Waals surface area contributed by atoms with E-state index in [0.717, 1.165) is 10.0 Å². The number of hydrogen-bond donors (Lipinski definition) is 1. The number of halogens is 1. The average Bonchev–Trinajstić information content (AvgIpc) is 3.26. The maximum Gasteiger partial charge on any atom is 0.259 e. The molecule has 8 heteroatoms. The van der Waals surface area contributed by atoms with Gasteiger partial charge in [-0.3, -0.25) is 9.59 Å². The van der Waals surface area contributed by atoms with E-state index in [1.807, 2.05) is 48.5 Å². The topological polar surface area (TPSA) is 90.0 Å². The number of nitrogens with one attached hydrogen (secondary N) is 1. The Bertz CT molecular complexity index is 1310. The number of hydrogen-bond acceptors (Lipinski definition) is 5. The molecular formula is C24H21BrN4O3. The Hall–Kier alpha value is -3.52. The molecule has 0 saturated carbocycles. The van der Waals surface area contributed by atoms with E-state index in [0.29, 0.717) is 23.0 Å². The smallest absolute Gasteiger partial charge is 0.259 e. The molecule has 7 nitrogen and oxygen atoms in total. The maximum absolute atomic E-state index is 12.5. The summed E-state index contributed by atoms with van der Waals surface area (Å²) >= 11 is 3.42. The van der Waals surface area contributed by atoms with Crippen LogP contribution < -0.4 is 10.9 Å². The highest BCUT2D eigenvalue weighted by Gasteiger charge is 2.13. The van der Waals surface area contributed by atoms with Gasteiger partial charge in [-0.2, -0.15) is 4.98 Å². The monoisotopic (exact) mass is 492 g/mol. The first-order valence-electron chi connectivity index (χ1n) is 10.1. The van der Waals surface area contributed by atoms with E-state index >= 15 is 0 Å².